The van der Waals surface area contributed by atoms with Crippen LogP contribution in [0.4, 0.5) is 0 Å². The number of hydrogen-bond donors (Lipinski definition) is 0. The fourth-order valence-electron chi connectivity index (χ4n) is 1.42. The second-order valence-corrected chi connectivity index (χ2v) is 4.18. The summed E-state index contributed by atoms with van der Waals surface area (Å²) in [6.45, 7) is 4.12. The molecule has 1 heterocycles. The third-order valence-corrected chi connectivity index (χ3v) is 3.06. The zero-order chi connectivity index (χ0) is 9.80. The van der Waals surface area contributed by atoms with E-state index < -0.39 is 0 Å². The summed E-state index contributed by atoms with van der Waals surface area (Å²) >= 11 is 1.68. The molecule has 1 aromatic carbocycles. The van der Waals surface area contributed by atoms with E-state index in [1.54, 1.807) is 11.3 Å². The number of benzene rings is 1. The first-order valence-corrected chi connectivity index (χ1v) is 5.50. The molecule has 1 aromatic heterocycles. The molecule has 1 radical (unpaired) electrons. The molecular formula is C12H12NS. The first-order valence-electron chi connectivity index (χ1n) is 4.62. The molecule has 0 amide bonds. The van der Waals surface area contributed by atoms with Crippen LogP contribution in [0.2, 0.25) is 0 Å². The summed E-state index contributed by atoms with van der Waals surface area (Å²) in [6.07, 6.45) is 2.80. The molecule has 0 spiro atoms. The fourth-order valence-corrected chi connectivity index (χ4v) is 2.08. The normalized spacial score (nSPS) is 12.6. The van der Waals surface area contributed by atoms with Crippen molar-refractivity contribution < 1.29 is 0 Å². The first-order chi connectivity index (χ1) is 6.86. The van der Waals surface area contributed by atoms with Crippen LogP contribution in [0.25, 0.3) is 0 Å². The lowest BCUT2D eigenvalue weighted by Crippen LogP contribution is -1.97. The highest BCUT2D eigenvalue weighted by atomic mass is 32.1. The minimum absolute atomic E-state index is 0.275. The van der Waals surface area contributed by atoms with Crippen LogP contribution in [0.5, 0.6) is 0 Å². The van der Waals surface area contributed by atoms with Gasteiger partial charge in [0.1, 0.15) is 0 Å². The maximum atomic E-state index is 4.27. The average molecular weight is 202 g/mol. The Morgan fingerprint density at radius 1 is 1.29 bits per heavy atom. The van der Waals surface area contributed by atoms with E-state index in [4.69, 9.17) is 0 Å². The van der Waals surface area contributed by atoms with Gasteiger partial charge in [-0.1, -0.05) is 30.3 Å². The number of rotatable bonds is 3. The van der Waals surface area contributed by atoms with Gasteiger partial charge in [-0.2, -0.15) is 0 Å². The van der Waals surface area contributed by atoms with Gasteiger partial charge in [-0.05, 0) is 18.9 Å². The summed E-state index contributed by atoms with van der Waals surface area (Å²) in [6, 6.07) is 10.4. The van der Waals surface area contributed by atoms with E-state index in [0.29, 0.717) is 0 Å². The van der Waals surface area contributed by atoms with Gasteiger partial charge >= 0.3 is 0 Å². The standard InChI is InChI=1S/C12H12NS/c1-10(12-13-7-8-14-12)9-11-5-3-2-4-6-11/h2-8,10H,1,9H2. The molecule has 2 rings (SSSR count). The van der Waals surface area contributed by atoms with Crippen LogP contribution in [-0.2, 0) is 6.42 Å². The van der Waals surface area contributed by atoms with Crippen LogP contribution in [0.3, 0.4) is 0 Å². The van der Waals surface area contributed by atoms with Crippen molar-refractivity contribution in [3.05, 3.63) is 59.4 Å². The smallest absolute Gasteiger partial charge is 0.0959 e. The first kappa shape index (κ1) is 9.41. The van der Waals surface area contributed by atoms with E-state index in [-0.39, 0.29) is 5.92 Å². The van der Waals surface area contributed by atoms with Crippen molar-refractivity contribution >= 4 is 11.3 Å². The molecule has 1 atom stereocenters. The summed E-state index contributed by atoms with van der Waals surface area (Å²) < 4.78 is 0. The molecule has 14 heavy (non-hydrogen) atoms. The second-order valence-electron chi connectivity index (χ2n) is 3.26. The summed E-state index contributed by atoms with van der Waals surface area (Å²) in [5.74, 6) is 0.275. The van der Waals surface area contributed by atoms with Gasteiger partial charge in [-0.3, -0.25) is 0 Å². The Kier molecular flexibility index (Phi) is 2.94. The average Bonchev–Trinajstić information content (AvgIpc) is 2.72. The Morgan fingerprint density at radius 2 is 2.07 bits per heavy atom. The SMILES string of the molecule is [CH2]C(Cc1ccccc1)c1nccs1. The van der Waals surface area contributed by atoms with E-state index in [2.05, 4.69) is 36.2 Å². The predicted octanol–water partition coefficient (Wildman–Crippen LogP) is 3.30. The Morgan fingerprint density at radius 3 is 2.71 bits per heavy atom. The Labute approximate surface area is 88.4 Å². The van der Waals surface area contributed by atoms with E-state index in [9.17, 15) is 0 Å². The van der Waals surface area contributed by atoms with Gasteiger partial charge in [0.25, 0.3) is 0 Å². The van der Waals surface area contributed by atoms with Crippen molar-refractivity contribution in [2.45, 2.75) is 12.3 Å². The second kappa shape index (κ2) is 4.38. The topological polar surface area (TPSA) is 12.9 Å². The monoisotopic (exact) mass is 202 g/mol. The molecule has 1 nitrogen and oxygen atoms in total. The summed E-state index contributed by atoms with van der Waals surface area (Å²) in [4.78, 5) is 4.27. The highest BCUT2D eigenvalue weighted by molar-refractivity contribution is 7.09. The molecule has 71 valence electrons. The minimum Gasteiger partial charge on any atom is -0.249 e. The molecule has 0 saturated carbocycles. The van der Waals surface area contributed by atoms with Crippen molar-refractivity contribution in [3.63, 3.8) is 0 Å². The quantitative estimate of drug-likeness (QED) is 0.744. The van der Waals surface area contributed by atoms with Crippen LogP contribution in [0, 0.1) is 6.92 Å². The van der Waals surface area contributed by atoms with Crippen molar-refractivity contribution in [2.24, 2.45) is 0 Å². The lowest BCUT2D eigenvalue weighted by Gasteiger charge is -2.07. The molecule has 0 fully saturated rings. The highest BCUT2D eigenvalue weighted by Gasteiger charge is 2.08. The Balaban J connectivity index is 2.06. The molecule has 0 bridgehead atoms. The lowest BCUT2D eigenvalue weighted by atomic mass is 10.0. The molecule has 0 aliphatic heterocycles. The van der Waals surface area contributed by atoms with Crippen molar-refractivity contribution in [2.75, 3.05) is 0 Å². The molecule has 0 aliphatic rings. The van der Waals surface area contributed by atoms with E-state index in [0.717, 1.165) is 11.4 Å². The lowest BCUT2D eigenvalue weighted by molar-refractivity contribution is 0.822. The number of thiazole rings is 1. The van der Waals surface area contributed by atoms with Gasteiger partial charge in [0.2, 0.25) is 0 Å². The van der Waals surface area contributed by atoms with Crippen LogP contribution in [0.1, 0.15) is 16.5 Å². The molecule has 0 N–H and O–H groups in total. The number of nitrogens with zero attached hydrogens (tertiary/aromatic N) is 1. The molecule has 1 unspecified atom stereocenters. The molecule has 2 aromatic rings. The maximum Gasteiger partial charge on any atom is 0.0959 e. The molecule has 0 saturated heterocycles. The summed E-state index contributed by atoms with van der Waals surface area (Å²) in [7, 11) is 0. The van der Waals surface area contributed by atoms with Gasteiger partial charge in [0, 0.05) is 17.5 Å². The van der Waals surface area contributed by atoms with Gasteiger partial charge in [-0.15, -0.1) is 11.3 Å². The van der Waals surface area contributed by atoms with Crippen LogP contribution in [0.15, 0.2) is 41.9 Å². The zero-order valence-electron chi connectivity index (χ0n) is 7.89. The van der Waals surface area contributed by atoms with Crippen molar-refractivity contribution in [3.8, 4) is 0 Å². The summed E-state index contributed by atoms with van der Waals surface area (Å²) in [5, 5.41) is 3.12. The van der Waals surface area contributed by atoms with Gasteiger partial charge in [-0.25, -0.2) is 4.98 Å². The van der Waals surface area contributed by atoms with Crippen LogP contribution >= 0.6 is 11.3 Å². The van der Waals surface area contributed by atoms with Gasteiger partial charge < -0.3 is 0 Å². The Bertz CT molecular complexity index is 366. The maximum absolute atomic E-state index is 4.27. The Hall–Kier alpha value is -1.15. The van der Waals surface area contributed by atoms with Crippen LogP contribution in [-0.4, -0.2) is 4.98 Å². The van der Waals surface area contributed by atoms with Crippen molar-refractivity contribution in [1.29, 1.82) is 0 Å². The van der Waals surface area contributed by atoms with Crippen molar-refractivity contribution in [1.82, 2.24) is 4.98 Å². The van der Waals surface area contributed by atoms with Gasteiger partial charge in [0.05, 0.1) is 5.01 Å². The third-order valence-electron chi connectivity index (χ3n) is 2.13. The minimum atomic E-state index is 0.275. The highest BCUT2D eigenvalue weighted by Crippen LogP contribution is 2.21. The van der Waals surface area contributed by atoms with E-state index in [1.165, 1.54) is 5.56 Å². The number of aromatic nitrogens is 1. The largest absolute Gasteiger partial charge is 0.249 e. The van der Waals surface area contributed by atoms with Gasteiger partial charge in [0.15, 0.2) is 0 Å². The predicted molar refractivity (Wildman–Crippen MR) is 60.4 cm³/mol. The molecule has 2 heteroatoms. The van der Waals surface area contributed by atoms with E-state index >= 15 is 0 Å². The third kappa shape index (κ3) is 2.20. The molecular weight excluding hydrogens is 190 g/mol. The number of hydrogen-bond acceptors (Lipinski definition) is 2. The zero-order valence-corrected chi connectivity index (χ0v) is 8.70. The summed E-state index contributed by atoms with van der Waals surface area (Å²) in [5.41, 5.74) is 1.32. The van der Waals surface area contributed by atoms with Crippen LogP contribution < -0.4 is 0 Å². The fraction of sp³-hybridized carbons (Fsp3) is 0.167. The molecule has 0 aliphatic carbocycles. The van der Waals surface area contributed by atoms with E-state index in [1.807, 2.05) is 17.6 Å².